The number of ether oxygens (including phenoxy) is 1. The topological polar surface area (TPSA) is 62.4 Å². The van der Waals surface area contributed by atoms with Crippen LogP contribution >= 0.6 is 0 Å². The van der Waals surface area contributed by atoms with E-state index in [4.69, 9.17) is 4.74 Å². The fraction of sp³-hybridized carbons (Fsp3) is 0.500. The molecule has 1 aliphatic carbocycles. The summed E-state index contributed by atoms with van der Waals surface area (Å²) in [6.07, 6.45) is 2.56. The molecule has 1 saturated carbocycles. The Labute approximate surface area is 112 Å². The van der Waals surface area contributed by atoms with Crippen molar-refractivity contribution in [2.45, 2.75) is 24.9 Å². The molecule has 3 rings (SSSR count). The SMILES string of the molecule is CNC(CNC1CC1)c1ccc2c(c1)NC(=O)CO2. The maximum Gasteiger partial charge on any atom is 0.262 e. The Kier molecular flexibility index (Phi) is 3.40. The zero-order valence-electron chi connectivity index (χ0n) is 11.0. The quantitative estimate of drug-likeness (QED) is 0.741. The first-order valence-electron chi connectivity index (χ1n) is 6.73. The van der Waals surface area contributed by atoms with Gasteiger partial charge >= 0.3 is 0 Å². The lowest BCUT2D eigenvalue weighted by atomic mass is 10.1. The van der Waals surface area contributed by atoms with Crippen molar-refractivity contribution in [3.8, 4) is 5.75 Å². The Hall–Kier alpha value is -1.59. The van der Waals surface area contributed by atoms with Gasteiger partial charge < -0.3 is 20.7 Å². The van der Waals surface area contributed by atoms with E-state index in [9.17, 15) is 4.79 Å². The van der Waals surface area contributed by atoms with Gasteiger partial charge in [-0.25, -0.2) is 0 Å². The summed E-state index contributed by atoms with van der Waals surface area (Å²) >= 11 is 0. The predicted octanol–water partition coefficient (Wildman–Crippen LogP) is 1.03. The van der Waals surface area contributed by atoms with E-state index >= 15 is 0 Å². The molecule has 0 aromatic heterocycles. The van der Waals surface area contributed by atoms with Crippen LogP contribution in [-0.4, -0.2) is 32.1 Å². The molecule has 1 aliphatic heterocycles. The fourth-order valence-electron chi connectivity index (χ4n) is 2.28. The number of fused-ring (bicyclic) bond motifs is 1. The molecule has 5 heteroatoms. The molecule has 1 heterocycles. The number of benzene rings is 1. The zero-order chi connectivity index (χ0) is 13.2. The highest BCUT2D eigenvalue weighted by Gasteiger charge is 2.23. The second-order valence-electron chi connectivity index (χ2n) is 5.12. The number of hydrogen-bond donors (Lipinski definition) is 3. The number of amides is 1. The lowest BCUT2D eigenvalue weighted by molar-refractivity contribution is -0.118. The predicted molar refractivity (Wildman–Crippen MR) is 73.4 cm³/mol. The molecule has 19 heavy (non-hydrogen) atoms. The molecule has 0 bridgehead atoms. The molecule has 102 valence electrons. The van der Waals surface area contributed by atoms with E-state index in [0.29, 0.717) is 6.04 Å². The third-order valence-corrected chi connectivity index (χ3v) is 3.58. The fourth-order valence-corrected chi connectivity index (χ4v) is 2.28. The van der Waals surface area contributed by atoms with Crippen LogP contribution < -0.4 is 20.7 Å². The van der Waals surface area contributed by atoms with Crippen molar-refractivity contribution >= 4 is 11.6 Å². The smallest absolute Gasteiger partial charge is 0.262 e. The van der Waals surface area contributed by atoms with Crippen LogP contribution in [0.4, 0.5) is 5.69 Å². The highest BCUT2D eigenvalue weighted by atomic mass is 16.5. The van der Waals surface area contributed by atoms with Gasteiger partial charge in [0.25, 0.3) is 5.91 Å². The number of likely N-dealkylation sites (N-methyl/N-ethyl adjacent to an activating group) is 1. The van der Waals surface area contributed by atoms with Crippen molar-refractivity contribution in [1.29, 1.82) is 0 Å². The number of hydrogen-bond acceptors (Lipinski definition) is 4. The molecule has 1 fully saturated rings. The van der Waals surface area contributed by atoms with Crippen LogP contribution in [0.2, 0.25) is 0 Å². The third kappa shape index (κ3) is 2.88. The van der Waals surface area contributed by atoms with Gasteiger partial charge in [0.15, 0.2) is 6.61 Å². The highest BCUT2D eigenvalue weighted by molar-refractivity contribution is 5.95. The standard InChI is InChI=1S/C14H19N3O2/c1-15-12(7-16-10-3-4-10)9-2-5-13-11(6-9)17-14(18)8-19-13/h2,5-6,10,12,15-16H,3-4,7-8H2,1H3,(H,17,18). The Morgan fingerprint density at radius 1 is 1.47 bits per heavy atom. The normalized spacial score (nSPS) is 19.3. The number of anilines is 1. The van der Waals surface area contributed by atoms with Crippen molar-refractivity contribution in [3.05, 3.63) is 23.8 Å². The van der Waals surface area contributed by atoms with E-state index in [1.54, 1.807) is 0 Å². The molecule has 1 atom stereocenters. The molecule has 3 N–H and O–H groups in total. The largest absolute Gasteiger partial charge is 0.482 e. The van der Waals surface area contributed by atoms with Gasteiger partial charge in [-0.2, -0.15) is 0 Å². The number of nitrogens with one attached hydrogen (secondary N) is 3. The van der Waals surface area contributed by atoms with Gasteiger partial charge in [-0.15, -0.1) is 0 Å². The van der Waals surface area contributed by atoms with Crippen molar-refractivity contribution in [2.24, 2.45) is 0 Å². The highest BCUT2D eigenvalue weighted by Crippen LogP contribution is 2.30. The molecule has 1 aromatic carbocycles. The van der Waals surface area contributed by atoms with E-state index in [2.05, 4.69) is 16.0 Å². The Bertz CT molecular complexity index is 486. The Morgan fingerprint density at radius 3 is 3.05 bits per heavy atom. The van der Waals surface area contributed by atoms with Crippen LogP contribution in [0.5, 0.6) is 5.75 Å². The van der Waals surface area contributed by atoms with E-state index in [-0.39, 0.29) is 18.6 Å². The van der Waals surface area contributed by atoms with Crippen LogP contribution in [0.3, 0.4) is 0 Å². The van der Waals surface area contributed by atoms with Gasteiger partial charge in [0.2, 0.25) is 0 Å². The zero-order valence-corrected chi connectivity index (χ0v) is 11.0. The van der Waals surface area contributed by atoms with E-state index in [1.165, 1.54) is 12.8 Å². The minimum atomic E-state index is -0.0956. The van der Waals surface area contributed by atoms with Gasteiger partial charge in [-0.1, -0.05) is 6.07 Å². The van der Waals surface area contributed by atoms with E-state index in [0.717, 1.165) is 23.5 Å². The van der Waals surface area contributed by atoms with E-state index < -0.39 is 0 Å². The number of carbonyl (C=O) groups excluding carboxylic acids is 1. The molecule has 0 spiro atoms. The first-order valence-corrected chi connectivity index (χ1v) is 6.73. The number of carbonyl (C=O) groups is 1. The average Bonchev–Trinajstić information content (AvgIpc) is 3.23. The molecule has 1 unspecified atom stereocenters. The summed E-state index contributed by atoms with van der Waals surface area (Å²) in [6.45, 7) is 1.000. The monoisotopic (exact) mass is 261 g/mol. The molecular formula is C14H19N3O2. The summed E-state index contributed by atoms with van der Waals surface area (Å²) in [6, 6.07) is 6.89. The summed E-state index contributed by atoms with van der Waals surface area (Å²) in [5.74, 6) is 0.648. The maximum atomic E-state index is 11.3. The van der Waals surface area contributed by atoms with Crippen LogP contribution in [-0.2, 0) is 4.79 Å². The van der Waals surface area contributed by atoms with Crippen molar-refractivity contribution in [2.75, 3.05) is 25.5 Å². The molecule has 5 nitrogen and oxygen atoms in total. The molecule has 2 aliphatic rings. The van der Waals surface area contributed by atoms with Crippen molar-refractivity contribution in [3.63, 3.8) is 0 Å². The van der Waals surface area contributed by atoms with Crippen molar-refractivity contribution < 1.29 is 9.53 Å². The van der Waals surface area contributed by atoms with Gasteiger partial charge in [0, 0.05) is 18.6 Å². The van der Waals surface area contributed by atoms with Gasteiger partial charge in [-0.3, -0.25) is 4.79 Å². The van der Waals surface area contributed by atoms with Crippen LogP contribution in [0.25, 0.3) is 0 Å². The van der Waals surface area contributed by atoms with Crippen LogP contribution in [0.15, 0.2) is 18.2 Å². The van der Waals surface area contributed by atoms with Gasteiger partial charge in [0.05, 0.1) is 5.69 Å². The van der Waals surface area contributed by atoms with Gasteiger partial charge in [-0.05, 0) is 37.6 Å². The Balaban J connectivity index is 1.74. The summed E-state index contributed by atoms with van der Waals surface area (Å²) in [5.41, 5.74) is 1.92. The molecule has 0 saturated heterocycles. The lowest BCUT2D eigenvalue weighted by Crippen LogP contribution is -2.31. The summed E-state index contributed by atoms with van der Waals surface area (Å²) in [7, 11) is 1.95. The maximum absolute atomic E-state index is 11.3. The minimum Gasteiger partial charge on any atom is -0.482 e. The minimum absolute atomic E-state index is 0.0956. The average molecular weight is 261 g/mol. The second kappa shape index (κ2) is 5.19. The molecule has 0 radical (unpaired) electrons. The lowest BCUT2D eigenvalue weighted by Gasteiger charge is -2.22. The summed E-state index contributed by atoms with van der Waals surface area (Å²) in [5, 5.41) is 9.66. The van der Waals surface area contributed by atoms with Crippen molar-refractivity contribution in [1.82, 2.24) is 10.6 Å². The summed E-state index contributed by atoms with van der Waals surface area (Å²) in [4.78, 5) is 11.3. The molecule has 1 amide bonds. The second-order valence-corrected chi connectivity index (χ2v) is 5.12. The first kappa shape index (κ1) is 12.4. The Morgan fingerprint density at radius 2 is 2.32 bits per heavy atom. The van der Waals surface area contributed by atoms with Crippen LogP contribution in [0.1, 0.15) is 24.4 Å². The summed E-state index contributed by atoms with van der Waals surface area (Å²) < 4.78 is 5.36. The third-order valence-electron chi connectivity index (χ3n) is 3.58. The molecular weight excluding hydrogens is 242 g/mol. The van der Waals surface area contributed by atoms with Crippen LogP contribution in [0, 0.1) is 0 Å². The van der Waals surface area contributed by atoms with Gasteiger partial charge in [0.1, 0.15) is 5.75 Å². The molecule has 1 aromatic rings. The number of rotatable bonds is 5. The van der Waals surface area contributed by atoms with E-state index in [1.807, 2.05) is 25.2 Å². The first-order chi connectivity index (χ1) is 9.26.